The number of anilines is 2. The number of likely N-dealkylation sites (N-methyl/N-ethyl adjacent to an activating group) is 1. The minimum absolute atomic E-state index is 0.147. The van der Waals surface area contributed by atoms with E-state index in [1.807, 2.05) is 6.92 Å². The molecule has 0 unspecified atom stereocenters. The number of nitrogens with zero attached hydrogens (tertiary/aromatic N) is 2. The molecule has 2 N–H and O–H groups in total. The van der Waals surface area contributed by atoms with Gasteiger partial charge in [-0.15, -0.1) is 0 Å². The highest BCUT2D eigenvalue weighted by molar-refractivity contribution is 5.51. The largest absolute Gasteiger partial charge is 0.416 e. The lowest BCUT2D eigenvalue weighted by Crippen LogP contribution is -2.23. The number of hydrogen-bond acceptors (Lipinski definition) is 4. The molecule has 0 bridgehead atoms. The van der Waals surface area contributed by atoms with Gasteiger partial charge in [-0.05, 0) is 18.6 Å². The highest BCUT2D eigenvalue weighted by Gasteiger charge is 2.32. The number of aromatic nitrogens is 1. The third-order valence-electron chi connectivity index (χ3n) is 2.52. The molecular weight excluding hydrogens is 259 g/mol. The minimum Gasteiger partial charge on any atom is -0.395 e. The molecule has 0 amide bonds. The predicted octanol–water partition coefficient (Wildman–Crippen LogP) is 2.35. The van der Waals surface area contributed by atoms with Crippen LogP contribution in [0.4, 0.5) is 24.8 Å². The van der Waals surface area contributed by atoms with Crippen molar-refractivity contribution in [3.05, 3.63) is 17.7 Å². The molecule has 4 nitrogen and oxygen atoms in total. The molecule has 0 spiro atoms. The Kier molecular flexibility index (Phi) is 5.41. The quantitative estimate of drug-likeness (QED) is 0.838. The van der Waals surface area contributed by atoms with Crippen molar-refractivity contribution in [1.82, 2.24) is 4.98 Å². The topological polar surface area (TPSA) is 48.4 Å². The molecule has 0 atom stereocenters. The number of nitrogens with one attached hydrogen (secondary N) is 1. The highest BCUT2D eigenvalue weighted by atomic mass is 19.4. The maximum atomic E-state index is 12.8. The molecule has 108 valence electrons. The first-order valence-electron chi connectivity index (χ1n) is 6.03. The Morgan fingerprint density at radius 3 is 2.58 bits per heavy atom. The molecule has 0 saturated carbocycles. The van der Waals surface area contributed by atoms with Gasteiger partial charge in [0.1, 0.15) is 11.6 Å². The lowest BCUT2D eigenvalue weighted by molar-refractivity contribution is -0.137. The van der Waals surface area contributed by atoms with Crippen LogP contribution in [0.15, 0.2) is 12.1 Å². The summed E-state index contributed by atoms with van der Waals surface area (Å²) in [4.78, 5) is 5.59. The zero-order chi connectivity index (χ0) is 14.5. The molecule has 0 aromatic carbocycles. The third kappa shape index (κ3) is 4.59. The van der Waals surface area contributed by atoms with E-state index >= 15 is 0 Å². The molecule has 0 aliphatic heterocycles. The normalized spacial score (nSPS) is 11.5. The van der Waals surface area contributed by atoms with E-state index in [0.29, 0.717) is 6.54 Å². The van der Waals surface area contributed by atoms with Crippen LogP contribution in [0.25, 0.3) is 0 Å². The molecule has 1 aromatic rings. The Hall–Kier alpha value is -1.50. The predicted molar refractivity (Wildman–Crippen MR) is 68.4 cm³/mol. The van der Waals surface area contributed by atoms with Crippen LogP contribution < -0.4 is 10.2 Å². The molecule has 0 fully saturated rings. The van der Waals surface area contributed by atoms with Crippen molar-refractivity contribution in [2.75, 3.05) is 37.0 Å². The summed E-state index contributed by atoms with van der Waals surface area (Å²) in [5.41, 5.74) is -0.749. The Morgan fingerprint density at radius 2 is 2.05 bits per heavy atom. The summed E-state index contributed by atoms with van der Waals surface area (Å²) >= 11 is 0. The Balaban J connectivity index is 3.08. The number of aliphatic hydroxyl groups excluding tert-OH is 1. The smallest absolute Gasteiger partial charge is 0.395 e. The second-order valence-corrected chi connectivity index (χ2v) is 4.17. The summed E-state index contributed by atoms with van der Waals surface area (Å²) < 4.78 is 38.4. The van der Waals surface area contributed by atoms with Crippen molar-refractivity contribution in [2.24, 2.45) is 0 Å². The second-order valence-electron chi connectivity index (χ2n) is 4.17. The molecule has 19 heavy (non-hydrogen) atoms. The zero-order valence-electron chi connectivity index (χ0n) is 11.0. The van der Waals surface area contributed by atoms with E-state index in [9.17, 15) is 13.2 Å². The number of aliphatic hydroxyl groups is 1. The number of hydrogen-bond donors (Lipinski definition) is 2. The van der Waals surface area contributed by atoms with Crippen LogP contribution in [-0.4, -0.2) is 36.8 Å². The molecule has 0 radical (unpaired) electrons. The summed E-state index contributed by atoms with van der Waals surface area (Å²) in [5, 5.41) is 11.7. The van der Waals surface area contributed by atoms with Crippen molar-refractivity contribution in [1.29, 1.82) is 0 Å². The number of rotatable bonds is 6. The van der Waals surface area contributed by atoms with Crippen LogP contribution in [0, 0.1) is 0 Å². The first-order chi connectivity index (χ1) is 8.88. The molecule has 1 aromatic heterocycles. The lowest BCUT2D eigenvalue weighted by Gasteiger charge is -2.20. The van der Waals surface area contributed by atoms with Gasteiger partial charge < -0.3 is 15.3 Å². The van der Waals surface area contributed by atoms with Gasteiger partial charge in [-0.25, -0.2) is 4.98 Å². The minimum atomic E-state index is -4.42. The van der Waals surface area contributed by atoms with Crippen LogP contribution in [0.5, 0.6) is 0 Å². The van der Waals surface area contributed by atoms with E-state index in [4.69, 9.17) is 5.11 Å². The van der Waals surface area contributed by atoms with E-state index in [2.05, 4.69) is 10.3 Å². The summed E-state index contributed by atoms with van der Waals surface area (Å²) in [6.07, 6.45) is -3.62. The van der Waals surface area contributed by atoms with Crippen LogP contribution in [0.2, 0.25) is 0 Å². The van der Waals surface area contributed by atoms with Crippen LogP contribution in [0.3, 0.4) is 0 Å². The van der Waals surface area contributed by atoms with Gasteiger partial charge in [0, 0.05) is 20.1 Å². The lowest BCUT2D eigenvalue weighted by atomic mass is 10.2. The Bertz CT molecular complexity index is 410. The van der Waals surface area contributed by atoms with E-state index in [0.717, 1.165) is 18.6 Å². The average Bonchev–Trinajstić information content (AvgIpc) is 2.35. The molecule has 1 heterocycles. The maximum absolute atomic E-state index is 12.8. The summed E-state index contributed by atoms with van der Waals surface area (Å²) in [6.45, 7) is 2.55. The van der Waals surface area contributed by atoms with E-state index in [-0.39, 0.29) is 24.8 Å². The number of pyridine rings is 1. The number of alkyl halides is 3. The van der Waals surface area contributed by atoms with Gasteiger partial charge >= 0.3 is 6.18 Å². The SMILES string of the molecule is CCCNc1cc(C(F)(F)F)cc(N(C)CCO)n1. The zero-order valence-corrected chi connectivity index (χ0v) is 11.0. The molecular formula is C12H18F3N3O. The van der Waals surface area contributed by atoms with Gasteiger partial charge in [-0.2, -0.15) is 13.2 Å². The standard InChI is InChI=1S/C12H18F3N3O/c1-3-4-16-10-7-9(12(13,14)15)8-11(17-10)18(2)5-6-19/h7-8,19H,3-6H2,1-2H3,(H,16,17). The molecule has 7 heteroatoms. The average molecular weight is 277 g/mol. The van der Waals surface area contributed by atoms with Crippen molar-refractivity contribution in [3.63, 3.8) is 0 Å². The van der Waals surface area contributed by atoms with Gasteiger partial charge in [0.2, 0.25) is 0 Å². The van der Waals surface area contributed by atoms with Gasteiger partial charge in [-0.1, -0.05) is 6.92 Å². The Labute approximate surface area is 110 Å². The number of halogens is 3. The van der Waals surface area contributed by atoms with E-state index < -0.39 is 11.7 Å². The molecule has 0 aliphatic carbocycles. The van der Waals surface area contributed by atoms with Crippen LogP contribution in [-0.2, 0) is 6.18 Å². The van der Waals surface area contributed by atoms with E-state index in [1.165, 1.54) is 4.90 Å². The Morgan fingerprint density at radius 1 is 1.37 bits per heavy atom. The summed E-state index contributed by atoms with van der Waals surface area (Å²) in [5.74, 6) is 0.374. The fourth-order valence-corrected chi connectivity index (χ4v) is 1.48. The van der Waals surface area contributed by atoms with Gasteiger partial charge in [0.05, 0.1) is 12.2 Å². The van der Waals surface area contributed by atoms with Crippen molar-refractivity contribution in [3.8, 4) is 0 Å². The molecule has 0 saturated heterocycles. The van der Waals surface area contributed by atoms with Crippen LogP contribution >= 0.6 is 0 Å². The summed E-state index contributed by atoms with van der Waals surface area (Å²) in [6, 6.07) is 1.97. The first-order valence-corrected chi connectivity index (χ1v) is 6.03. The third-order valence-corrected chi connectivity index (χ3v) is 2.52. The van der Waals surface area contributed by atoms with E-state index in [1.54, 1.807) is 7.05 Å². The summed E-state index contributed by atoms with van der Waals surface area (Å²) in [7, 11) is 1.59. The first kappa shape index (κ1) is 15.6. The second kappa shape index (κ2) is 6.60. The van der Waals surface area contributed by atoms with Gasteiger partial charge in [0.25, 0.3) is 0 Å². The highest BCUT2D eigenvalue weighted by Crippen LogP contribution is 2.32. The molecule has 1 rings (SSSR count). The monoisotopic (exact) mass is 277 g/mol. The maximum Gasteiger partial charge on any atom is 0.416 e. The van der Waals surface area contributed by atoms with Gasteiger partial charge in [-0.3, -0.25) is 0 Å². The van der Waals surface area contributed by atoms with Crippen molar-refractivity contribution >= 4 is 11.6 Å². The van der Waals surface area contributed by atoms with Gasteiger partial charge in [0.15, 0.2) is 0 Å². The van der Waals surface area contributed by atoms with Crippen LogP contribution in [0.1, 0.15) is 18.9 Å². The fraction of sp³-hybridized carbons (Fsp3) is 0.583. The van der Waals surface area contributed by atoms with Crippen molar-refractivity contribution in [2.45, 2.75) is 19.5 Å². The molecule has 0 aliphatic rings. The fourth-order valence-electron chi connectivity index (χ4n) is 1.48. The van der Waals surface area contributed by atoms with Crippen molar-refractivity contribution < 1.29 is 18.3 Å².